The van der Waals surface area contributed by atoms with Gasteiger partial charge in [-0.2, -0.15) is 0 Å². The van der Waals surface area contributed by atoms with Crippen LogP contribution in [0.2, 0.25) is 0 Å². The minimum Gasteiger partial charge on any atom is -0.395 e. The zero-order valence-corrected chi connectivity index (χ0v) is 15.2. The van der Waals surface area contributed by atoms with Crippen LogP contribution in [0, 0.1) is 11.8 Å². The number of oxime groups is 1. The van der Waals surface area contributed by atoms with Crippen molar-refractivity contribution in [3.05, 3.63) is 35.4 Å². The van der Waals surface area contributed by atoms with E-state index in [1.54, 1.807) is 0 Å². The summed E-state index contributed by atoms with van der Waals surface area (Å²) in [4.78, 5) is 5.38. The monoisotopic (exact) mass is 365 g/mol. The van der Waals surface area contributed by atoms with Crippen LogP contribution in [0.15, 0.2) is 29.4 Å². The normalized spacial score (nSPS) is 19.4. The average molecular weight is 365 g/mol. The van der Waals surface area contributed by atoms with E-state index in [0.29, 0.717) is 12.8 Å². The van der Waals surface area contributed by atoms with E-state index in [0.717, 1.165) is 23.1 Å². The van der Waals surface area contributed by atoms with Crippen LogP contribution in [0.5, 0.6) is 0 Å². The third-order valence-corrected chi connectivity index (χ3v) is 6.40. The fourth-order valence-corrected chi connectivity index (χ4v) is 3.21. The number of hydrogen-bond donors (Lipinski definition) is 2. The molecule has 0 amide bonds. The van der Waals surface area contributed by atoms with Gasteiger partial charge in [0.25, 0.3) is 0 Å². The summed E-state index contributed by atoms with van der Waals surface area (Å²) >= 11 is 0. The van der Waals surface area contributed by atoms with E-state index >= 15 is 0 Å². The molecule has 2 N–H and O–H groups in total. The Morgan fingerprint density at radius 1 is 1.32 bits per heavy atom. The van der Waals surface area contributed by atoms with Crippen LogP contribution in [0.3, 0.4) is 0 Å². The molecule has 0 radical (unpaired) electrons. The lowest BCUT2D eigenvalue weighted by Crippen LogP contribution is -2.41. The minimum atomic E-state index is -3.41. The van der Waals surface area contributed by atoms with E-state index < -0.39 is 21.2 Å². The smallest absolute Gasteiger partial charge is 0.155 e. The van der Waals surface area contributed by atoms with E-state index in [1.807, 2.05) is 24.3 Å². The van der Waals surface area contributed by atoms with Crippen LogP contribution in [0.1, 0.15) is 37.3 Å². The van der Waals surface area contributed by atoms with Gasteiger partial charge < -0.3 is 15.1 Å². The lowest BCUT2D eigenvalue weighted by Gasteiger charge is -2.27. The first-order valence-electron chi connectivity index (χ1n) is 8.02. The van der Waals surface area contributed by atoms with E-state index in [9.17, 15) is 13.5 Å². The molecule has 1 aromatic carbocycles. The largest absolute Gasteiger partial charge is 0.395 e. The molecule has 1 heterocycles. The van der Waals surface area contributed by atoms with Crippen LogP contribution in [0.4, 0.5) is 0 Å². The summed E-state index contributed by atoms with van der Waals surface area (Å²) in [6.07, 6.45) is 1.84. The second-order valence-corrected chi connectivity index (χ2v) is 8.94. The van der Waals surface area contributed by atoms with Crippen LogP contribution < -0.4 is 0 Å². The van der Waals surface area contributed by atoms with Crippen molar-refractivity contribution >= 4 is 15.5 Å². The molecular weight excluding hydrogens is 342 g/mol. The molecular formula is C18H23NO5S. The molecule has 1 aliphatic rings. The molecule has 1 aromatic rings. The predicted octanol–water partition coefficient (Wildman–Crippen LogP) is 1.10. The maximum absolute atomic E-state index is 11.9. The zero-order valence-electron chi connectivity index (χ0n) is 14.4. The van der Waals surface area contributed by atoms with Gasteiger partial charge in [-0.25, -0.2) is 8.42 Å². The third kappa shape index (κ3) is 4.82. The van der Waals surface area contributed by atoms with Crippen molar-refractivity contribution in [2.45, 2.75) is 37.0 Å². The van der Waals surface area contributed by atoms with Gasteiger partial charge in [0, 0.05) is 31.1 Å². The summed E-state index contributed by atoms with van der Waals surface area (Å²) in [5, 5.41) is 22.3. The van der Waals surface area contributed by atoms with E-state index in [2.05, 4.69) is 17.0 Å². The second kappa shape index (κ2) is 8.00. The fourth-order valence-electron chi connectivity index (χ4n) is 2.49. The SMILES string of the molecule is CC(CO)(CC1CC(c2ccc(C#CCCO)cc2)=NO1)S(C)(=O)=O. The Bertz CT molecular complexity index is 789. The van der Waals surface area contributed by atoms with Crippen LogP contribution in [0.25, 0.3) is 0 Å². The average Bonchev–Trinajstić information content (AvgIpc) is 3.03. The van der Waals surface area contributed by atoms with Gasteiger partial charge in [0.2, 0.25) is 0 Å². The molecule has 2 unspecified atom stereocenters. The lowest BCUT2D eigenvalue weighted by molar-refractivity contribution is 0.0635. The topological polar surface area (TPSA) is 96.2 Å². The van der Waals surface area contributed by atoms with Crippen LogP contribution in [-0.4, -0.2) is 54.7 Å². The van der Waals surface area contributed by atoms with Crippen molar-refractivity contribution in [3.63, 3.8) is 0 Å². The molecule has 0 aliphatic carbocycles. The highest BCUT2D eigenvalue weighted by Crippen LogP contribution is 2.28. The first-order valence-corrected chi connectivity index (χ1v) is 9.91. The fraction of sp³-hybridized carbons (Fsp3) is 0.500. The first kappa shape index (κ1) is 19.4. The predicted molar refractivity (Wildman–Crippen MR) is 96.0 cm³/mol. The molecule has 6 nitrogen and oxygen atoms in total. The van der Waals surface area contributed by atoms with Gasteiger partial charge in [-0.05, 0) is 24.6 Å². The molecule has 0 spiro atoms. The van der Waals surface area contributed by atoms with Crippen molar-refractivity contribution in [2.75, 3.05) is 19.5 Å². The zero-order chi connectivity index (χ0) is 18.5. The van der Waals surface area contributed by atoms with Gasteiger partial charge >= 0.3 is 0 Å². The first-order chi connectivity index (χ1) is 11.8. The van der Waals surface area contributed by atoms with Gasteiger partial charge in [0.15, 0.2) is 9.84 Å². The standard InChI is InChI=1S/C18H23NO5S/c1-18(13-21,25(2,22)23)12-16-11-17(19-24-16)15-8-6-14(7-9-15)5-3-4-10-20/h6-9,16,20-21H,4,10-13H2,1-2H3. The molecule has 7 heteroatoms. The third-order valence-electron chi connectivity index (χ3n) is 4.31. The summed E-state index contributed by atoms with van der Waals surface area (Å²) in [5.41, 5.74) is 2.48. The second-order valence-electron chi connectivity index (χ2n) is 6.41. The quantitative estimate of drug-likeness (QED) is 0.736. The molecule has 0 bridgehead atoms. The molecule has 0 fully saturated rings. The Morgan fingerprint density at radius 3 is 2.56 bits per heavy atom. The van der Waals surface area contributed by atoms with Gasteiger partial charge in [0.1, 0.15) is 6.10 Å². The van der Waals surface area contributed by atoms with Crippen LogP contribution in [-0.2, 0) is 14.7 Å². The summed E-state index contributed by atoms with van der Waals surface area (Å²) in [6.45, 7) is 1.10. The Morgan fingerprint density at radius 2 is 2.00 bits per heavy atom. The number of hydrogen-bond acceptors (Lipinski definition) is 6. The van der Waals surface area contributed by atoms with Gasteiger partial charge in [-0.3, -0.25) is 0 Å². The summed E-state index contributed by atoms with van der Waals surface area (Å²) in [5.74, 6) is 5.81. The molecule has 1 aliphatic heterocycles. The van der Waals surface area contributed by atoms with Crippen molar-refractivity contribution in [1.82, 2.24) is 0 Å². The molecule has 25 heavy (non-hydrogen) atoms. The number of nitrogens with zero attached hydrogens (tertiary/aromatic N) is 1. The number of benzene rings is 1. The summed E-state index contributed by atoms with van der Waals surface area (Å²) in [7, 11) is -3.41. The van der Waals surface area contributed by atoms with Gasteiger partial charge in [0.05, 0.1) is 23.7 Å². The highest BCUT2D eigenvalue weighted by Gasteiger charge is 2.40. The van der Waals surface area contributed by atoms with Crippen molar-refractivity contribution in [1.29, 1.82) is 0 Å². The highest BCUT2D eigenvalue weighted by molar-refractivity contribution is 7.92. The minimum absolute atomic E-state index is 0.0425. The maximum Gasteiger partial charge on any atom is 0.155 e. The van der Waals surface area contributed by atoms with Crippen LogP contribution >= 0.6 is 0 Å². The maximum atomic E-state index is 11.9. The van der Waals surface area contributed by atoms with Gasteiger partial charge in [-0.1, -0.05) is 29.1 Å². The number of rotatable bonds is 6. The molecule has 2 atom stereocenters. The summed E-state index contributed by atoms with van der Waals surface area (Å²) in [6, 6.07) is 7.50. The lowest BCUT2D eigenvalue weighted by atomic mass is 9.97. The Kier molecular flexibility index (Phi) is 6.22. The number of aliphatic hydroxyl groups is 2. The Balaban J connectivity index is 2.02. The molecule has 0 saturated carbocycles. The number of aliphatic hydroxyl groups excluding tert-OH is 2. The van der Waals surface area contributed by atoms with E-state index in [1.165, 1.54) is 6.92 Å². The number of sulfone groups is 1. The molecule has 2 rings (SSSR count). The summed E-state index contributed by atoms with van der Waals surface area (Å²) < 4.78 is 22.5. The molecule has 136 valence electrons. The van der Waals surface area contributed by atoms with E-state index in [-0.39, 0.29) is 19.1 Å². The Labute approximate surface area is 148 Å². The van der Waals surface area contributed by atoms with Crippen molar-refractivity contribution in [3.8, 4) is 11.8 Å². The van der Waals surface area contributed by atoms with Crippen molar-refractivity contribution in [2.24, 2.45) is 5.16 Å². The van der Waals surface area contributed by atoms with Crippen molar-refractivity contribution < 1.29 is 23.5 Å². The highest BCUT2D eigenvalue weighted by atomic mass is 32.2. The molecule has 0 aromatic heterocycles. The van der Waals surface area contributed by atoms with Gasteiger partial charge in [-0.15, -0.1) is 0 Å². The van der Waals surface area contributed by atoms with E-state index in [4.69, 9.17) is 9.94 Å². The Hall–Kier alpha value is -1.88. The molecule has 0 saturated heterocycles.